The molecule has 2 rings (SSSR count). The Morgan fingerprint density at radius 2 is 1.61 bits per heavy atom. The summed E-state index contributed by atoms with van der Waals surface area (Å²) in [5.74, 6) is -0.546. The molecule has 1 aliphatic rings. The van der Waals surface area contributed by atoms with E-state index in [2.05, 4.69) is 4.90 Å². The first-order valence-corrected chi connectivity index (χ1v) is 9.29. The first kappa shape index (κ1) is 17.6. The van der Waals surface area contributed by atoms with Crippen LogP contribution in [0.3, 0.4) is 0 Å². The second kappa shape index (κ2) is 6.39. The van der Waals surface area contributed by atoms with E-state index in [1.165, 1.54) is 0 Å². The fourth-order valence-electron chi connectivity index (χ4n) is 2.35. The molecule has 1 aromatic rings. The van der Waals surface area contributed by atoms with Gasteiger partial charge in [-0.2, -0.15) is 0 Å². The van der Waals surface area contributed by atoms with E-state index in [-0.39, 0.29) is 11.7 Å². The van der Waals surface area contributed by atoms with Crippen LogP contribution in [0, 0.1) is 0 Å². The third kappa shape index (κ3) is 4.16. The molecular weight excluding hydrogens is 316 g/mol. The van der Waals surface area contributed by atoms with E-state index in [4.69, 9.17) is 0 Å². The van der Waals surface area contributed by atoms with E-state index < -0.39 is 20.3 Å². The maximum Gasteiger partial charge on any atom is 0.237 e. The van der Waals surface area contributed by atoms with Gasteiger partial charge in [-0.1, -0.05) is 0 Å². The minimum absolute atomic E-state index is 0.218. The smallest absolute Gasteiger partial charge is 0.237 e. The van der Waals surface area contributed by atoms with Gasteiger partial charge in [-0.25, -0.2) is 8.42 Å². The highest BCUT2D eigenvalue weighted by Crippen LogP contribution is 2.21. The van der Waals surface area contributed by atoms with Crippen molar-refractivity contribution in [1.29, 1.82) is 0 Å². The molecule has 0 aromatic heterocycles. The first-order valence-electron chi connectivity index (χ1n) is 7.64. The molecule has 7 heteroatoms. The number of rotatable bonds is 3. The summed E-state index contributed by atoms with van der Waals surface area (Å²) >= 11 is 0. The Morgan fingerprint density at radius 1 is 1.09 bits per heavy atom. The second-order valence-corrected chi connectivity index (χ2v) is 9.50. The van der Waals surface area contributed by atoms with Crippen molar-refractivity contribution in [3.8, 4) is 5.75 Å². The van der Waals surface area contributed by atoms with Crippen LogP contribution in [0.1, 0.15) is 20.8 Å². The number of hydrogen-bond donors (Lipinski definition) is 1. The van der Waals surface area contributed by atoms with Crippen molar-refractivity contribution in [3.05, 3.63) is 24.3 Å². The molecule has 0 bridgehead atoms. The van der Waals surface area contributed by atoms with Crippen molar-refractivity contribution in [1.82, 2.24) is 4.90 Å². The number of hydrogen-bond acceptors (Lipinski definition) is 5. The molecule has 0 radical (unpaired) electrons. The molecule has 1 aliphatic heterocycles. The normalized spacial score (nSPS) is 16.5. The first-order chi connectivity index (χ1) is 10.6. The van der Waals surface area contributed by atoms with Crippen LogP contribution in [0.15, 0.2) is 24.3 Å². The van der Waals surface area contributed by atoms with Crippen LogP contribution < -0.4 is 4.90 Å². The second-order valence-electron chi connectivity index (χ2n) is 6.76. The lowest BCUT2D eigenvalue weighted by Gasteiger charge is -2.36. The Hall–Kier alpha value is -1.76. The van der Waals surface area contributed by atoms with E-state index in [0.717, 1.165) is 5.69 Å². The lowest BCUT2D eigenvalue weighted by atomic mass is 10.2. The molecule has 1 N–H and O–H groups in total. The summed E-state index contributed by atoms with van der Waals surface area (Å²) in [6.07, 6.45) is 0. The molecular formula is C16H24N2O4S. The molecule has 0 unspecified atom stereocenters. The molecule has 1 aromatic carbocycles. The minimum atomic E-state index is -3.45. The van der Waals surface area contributed by atoms with Crippen LogP contribution in [0.4, 0.5) is 5.69 Å². The van der Waals surface area contributed by atoms with Crippen LogP contribution in [0.2, 0.25) is 0 Å². The third-order valence-corrected chi connectivity index (χ3v) is 6.59. The predicted octanol–water partition coefficient (Wildman–Crippen LogP) is 1.25. The van der Waals surface area contributed by atoms with Gasteiger partial charge >= 0.3 is 0 Å². The van der Waals surface area contributed by atoms with E-state index in [1.54, 1.807) is 37.8 Å². The number of piperazine rings is 1. The van der Waals surface area contributed by atoms with Gasteiger partial charge in [0.25, 0.3) is 0 Å². The lowest BCUT2D eigenvalue weighted by Crippen LogP contribution is -2.51. The Bertz CT molecular complexity index is 654. The van der Waals surface area contributed by atoms with Crippen LogP contribution >= 0.6 is 0 Å². The summed E-state index contributed by atoms with van der Waals surface area (Å²) in [6, 6.07) is 6.92. The average Bonchev–Trinajstić information content (AvgIpc) is 2.46. The number of amides is 1. The lowest BCUT2D eigenvalue weighted by molar-refractivity contribution is -0.128. The van der Waals surface area contributed by atoms with Gasteiger partial charge < -0.3 is 14.9 Å². The highest BCUT2D eigenvalue weighted by molar-refractivity contribution is 7.93. The van der Waals surface area contributed by atoms with Crippen LogP contribution in [-0.2, 0) is 14.6 Å². The van der Waals surface area contributed by atoms with E-state index in [1.807, 2.05) is 12.1 Å². The zero-order valence-corrected chi connectivity index (χ0v) is 14.6. The largest absolute Gasteiger partial charge is 0.508 e. The highest BCUT2D eigenvalue weighted by atomic mass is 32.2. The summed E-state index contributed by atoms with van der Waals surface area (Å²) in [6.45, 7) is 7.12. The fourth-order valence-corrected chi connectivity index (χ4v) is 3.29. The number of aromatic hydroxyl groups is 1. The number of sulfone groups is 1. The average molecular weight is 340 g/mol. The number of nitrogens with zero attached hydrogens (tertiary/aromatic N) is 2. The molecule has 0 aliphatic carbocycles. The number of phenolic OH excluding ortho intramolecular Hbond substituents is 1. The number of phenols is 1. The van der Waals surface area contributed by atoms with Gasteiger partial charge in [0.05, 0.1) is 4.75 Å². The third-order valence-electron chi connectivity index (χ3n) is 4.09. The Balaban J connectivity index is 1.94. The van der Waals surface area contributed by atoms with Gasteiger partial charge in [-0.3, -0.25) is 4.79 Å². The van der Waals surface area contributed by atoms with Crippen molar-refractivity contribution >= 4 is 21.4 Å². The quantitative estimate of drug-likeness (QED) is 0.896. The molecule has 1 saturated heterocycles. The number of anilines is 1. The Morgan fingerprint density at radius 3 is 2.09 bits per heavy atom. The fraction of sp³-hybridized carbons (Fsp3) is 0.562. The molecule has 128 valence electrons. The summed E-state index contributed by atoms with van der Waals surface area (Å²) in [5, 5.41) is 9.32. The summed E-state index contributed by atoms with van der Waals surface area (Å²) in [7, 11) is -3.45. The van der Waals surface area contributed by atoms with E-state index >= 15 is 0 Å². The molecule has 1 heterocycles. The zero-order valence-electron chi connectivity index (χ0n) is 13.8. The van der Waals surface area contributed by atoms with Gasteiger partial charge in [0, 0.05) is 31.9 Å². The standard InChI is InChI=1S/C16H24N2O4S/c1-16(2,3)23(21,22)12-15(20)18-10-8-17(9-11-18)13-4-6-14(19)7-5-13/h4-7,19H,8-12H2,1-3H3. The van der Waals surface area contributed by atoms with Crippen molar-refractivity contribution in [2.75, 3.05) is 36.8 Å². The van der Waals surface area contributed by atoms with Crippen molar-refractivity contribution < 1.29 is 18.3 Å². The molecule has 0 saturated carbocycles. The van der Waals surface area contributed by atoms with Gasteiger partial charge in [0.1, 0.15) is 11.5 Å². The number of carbonyl (C=O) groups is 1. The van der Waals surface area contributed by atoms with Crippen molar-refractivity contribution in [2.24, 2.45) is 0 Å². The predicted molar refractivity (Wildman–Crippen MR) is 90.4 cm³/mol. The minimum Gasteiger partial charge on any atom is -0.508 e. The molecule has 23 heavy (non-hydrogen) atoms. The van der Waals surface area contributed by atoms with Crippen molar-refractivity contribution in [2.45, 2.75) is 25.5 Å². The summed E-state index contributed by atoms with van der Waals surface area (Å²) < 4.78 is 23.4. The highest BCUT2D eigenvalue weighted by Gasteiger charge is 2.33. The molecule has 6 nitrogen and oxygen atoms in total. The molecule has 0 spiro atoms. The summed E-state index contributed by atoms with van der Waals surface area (Å²) in [4.78, 5) is 16.0. The maximum atomic E-state index is 12.2. The molecule has 1 amide bonds. The van der Waals surface area contributed by atoms with Crippen LogP contribution in [-0.4, -0.2) is 61.0 Å². The van der Waals surface area contributed by atoms with E-state index in [0.29, 0.717) is 26.2 Å². The number of carbonyl (C=O) groups excluding carboxylic acids is 1. The van der Waals surface area contributed by atoms with Gasteiger partial charge in [0.2, 0.25) is 5.91 Å². The topological polar surface area (TPSA) is 77.9 Å². The summed E-state index contributed by atoms with van der Waals surface area (Å²) in [5.41, 5.74) is 0.984. The zero-order chi connectivity index (χ0) is 17.3. The van der Waals surface area contributed by atoms with E-state index in [9.17, 15) is 18.3 Å². The molecule has 1 fully saturated rings. The SMILES string of the molecule is CC(C)(C)S(=O)(=O)CC(=O)N1CCN(c2ccc(O)cc2)CC1. The monoisotopic (exact) mass is 340 g/mol. The Kier molecular flexibility index (Phi) is 4.89. The molecule has 0 atom stereocenters. The van der Waals surface area contributed by atoms with Gasteiger partial charge in [-0.05, 0) is 45.0 Å². The van der Waals surface area contributed by atoms with Crippen LogP contribution in [0.25, 0.3) is 0 Å². The Labute approximate surface area is 137 Å². The van der Waals surface area contributed by atoms with Gasteiger partial charge in [0.15, 0.2) is 9.84 Å². The maximum absolute atomic E-state index is 12.2. The number of benzene rings is 1. The van der Waals surface area contributed by atoms with Gasteiger partial charge in [-0.15, -0.1) is 0 Å². The van der Waals surface area contributed by atoms with Crippen molar-refractivity contribution in [3.63, 3.8) is 0 Å². The van der Waals surface area contributed by atoms with Crippen LogP contribution in [0.5, 0.6) is 5.75 Å².